The molecule has 3 heterocycles. The van der Waals surface area contributed by atoms with Gasteiger partial charge in [0, 0.05) is 24.2 Å². The second kappa shape index (κ2) is 4.95. The van der Waals surface area contributed by atoms with Gasteiger partial charge in [-0.2, -0.15) is 5.10 Å². The Balaban J connectivity index is 1.74. The van der Waals surface area contributed by atoms with Crippen LogP contribution in [0.15, 0.2) is 12.4 Å². The first-order chi connectivity index (χ1) is 9.24. The van der Waals surface area contributed by atoms with Crippen LogP contribution in [0.25, 0.3) is 0 Å². The van der Waals surface area contributed by atoms with Crippen molar-refractivity contribution in [3.8, 4) is 0 Å². The maximum absolute atomic E-state index is 4.45. The first-order valence-corrected chi connectivity index (χ1v) is 6.72. The number of fused-ring (bicyclic) bond motifs is 1. The highest BCUT2D eigenvalue weighted by Gasteiger charge is 2.20. The first kappa shape index (κ1) is 12.1. The Bertz CT molecular complexity index is 576. The molecule has 0 spiro atoms. The summed E-state index contributed by atoms with van der Waals surface area (Å²) in [5, 5.41) is 7.72. The largest absolute Gasteiger partial charge is 0.365 e. The highest BCUT2D eigenvalue weighted by atomic mass is 15.3. The zero-order chi connectivity index (χ0) is 13.2. The topological polar surface area (TPSA) is 68.5 Å². The number of anilines is 1. The molecule has 0 bridgehead atoms. The summed E-state index contributed by atoms with van der Waals surface area (Å²) >= 11 is 0. The summed E-state index contributed by atoms with van der Waals surface area (Å²) in [6.07, 6.45) is 4.57. The van der Waals surface area contributed by atoms with Crippen molar-refractivity contribution >= 4 is 5.82 Å². The molecule has 6 heteroatoms. The summed E-state index contributed by atoms with van der Waals surface area (Å²) in [6, 6.07) is 2.39. The van der Waals surface area contributed by atoms with Crippen LogP contribution >= 0.6 is 0 Å². The van der Waals surface area contributed by atoms with Crippen molar-refractivity contribution in [1.82, 2.24) is 24.7 Å². The highest BCUT2D eigenvalue weighted by molar-refractivity contribution is 5.37. The van der Waals surface area contributed by atoms with Crippen molar-refractivity contribution in [2.24, 2.45) is 0 Å². The van der Waals surface area contributed by atoms with Crippen molar-refractivity contribution in [3.05, 3.63) is 29.7 Å². The van der Waals surface area contributed by atoms with Crippen molar-refractivity contribution in [2.75, 3.05) is 5.32 Å². The normalized spacial score (nSPS) is 18.1. The molecule has 19 heavy (non-hydrogen) atoms. The molecule has 0 saturated heterocycles. The Kier molecular flexibility index (Phi) is 3.15. The van der Waals surface area contributed by atoms with Gasteiger partial charge >= 0.3 is 0 Å². The van der Waals surface area contributed by atoms with Gasteiger partial charge in [-0.3, -0.25) is 0 Å². The molecule has 0 fully saturated rings. The second-order valence-electron chi connectivity index (χ2n) is 4.88. The lowest BCUT2D eigenvalue weighted by atomic mass is 10.1. The van der Waals surface area contributed by atoms with E-state index in [2.05, 4.69) is 32.3 Å². The monoisotopic (exact) mass is 258 g/mol. The molecule has 2 aromatic rings. The van der Waals surface area contributed by atoms with Gasteiger partial charge in [0.2, 0.25) is 0 Å². The Hall–Kier alpha value is -1.98. The minimum absolute atomic E-state index is 0.355. The maximum Gasteiger partial charge on any atom is 0.138 e. The number of aryl methyl sites for hydroxylation is 3. The molecule has 1 atom stereocenters. The molecular formula is C13H18N6. The Morgan fingerprint density at radius 2 is 2.32 bits per heavy atom. The molecule has 1 N–H and O–H groups in total. The Labute approximate surface area is 112 Å². The zero-order valence-corrected chi connectivity index (χ0v) is 11.3. The zero-order valence-electron chi connectivity index (χ0n) is 11.3. The average molecular weight is 258 g/mol. The summed E-state index contributed by atoms with van der Waals surface area (Å²) in [5.41, 5.74) is 1.08. The SMILES string of the molecule is CCc1cc(NC2CCc3ncnn3C2)nc(C)n1. The molecule has 0 aromatic carbocycles. The Morgan fingerprint density at radius 1 is 1.42 bits per heavy atom. The molecule has 1 aliphatic rings. The van der Waals surface area contributed by atoms with Gasteiger partial charge < -0.3 is 5.32 Å². The Morgan fingerprint density at radius 3 is 3.16 bits per heavy atom. The lowest BCUT2D eigenvalue weighted by Gasteiger charge is -2.24. The summed E-state index contributed by atoms with van der Waals surface area (Å²) in [7, 11) is 0. The average Bonchev–Trinajstić information content (AvgIpc) is 2.85. The molecule has 6 nitrogen and oxygen atoms in total. The summed E-state index contributed by atoms with van der Waals surface area (Å²) in [4.78, 5) is 13.1. The number of aromatic nitrogens is 5. The van der Waals surface area contributed by atoms with Gasteiger partial charge in [-0.25, -0.2) is 19.6 Å². The van der Waals surface area contributed by atoms with Crippen molar-refractivity contribution in [1.29, 1.82) is 0 Å². The number of hydrogen-bond acceptors (Lipinski definition) is 5. The fourth-order valence-corrected chi connectivity index (χ4v) is 2.45. The quantitative estimate of drug-likeness (QED) is 0.900. The van der Waals surface area contributed by atoms with Crippen LogP contribution in [0.4, 0.5) is 5.82 Å². The molecule has 2 aromatic heterocycles. The van der Waals surface area contributed by atoms with Crippen LogP contribution in [0.2, 0.25) is 0 Å². The van der Waals surface area contributed by atoms with Crippen LogP contribution in [0, 0.1) is 6.92 Å². The number of nitrogens with zero attached hydrogens (tertiary/aromatic N) is 5. The van der Waals surface area contributed by atoms with Gasteiger partial charge in [-0.15, -0.1) is 0 Å². The van der Waals surface area contributed by atoms with E-state index in [1.54, 1.807) is 6.33 Å². The predicted octanol–water partition coefficient (Wildman–Crippen LogP) is 1.37. The minimum Gasteiger partial charge on any atom is -0.365 e. The van der Waals surface area contributed by atoms with Crippen molar-refractivity contribution in [2.45, 2.75) is 45.7 Å². The molecule has 0 radical (unpaired) electrons. The predicted molar refractivity (Wildman–Crippen MR) is 71.9 cm³/mol. The molecule has 100 valence electrons. The van der Waals surface area contributed by atoms with Crippen LogP contribution < -0.4 is 5.32 Å². The van der Waals surface area contributed by atoms with Crippen LogP contribution in [0.1, 0.15) is 30.7 Å². The summed E-state index contributed by atoms with van der Waals surface area (Å²) < 4.78 is 1.97. The molecule has 0 amide bonds. The molecule has 1 aliphatic heterocycles. The van der Waals surface area contributed by atoms with Gasteiger partial charge in [0.25, 0.3) is 0 Å². The van der Waals surface area contributed by atoms with Crippen LogP contribution in [-0.4, -0.2) is 30.8 Å². The molecule has 1 unspecified atom stereocenters. The van der Waals surface area contributed by atoms with Gasteiger partial charge in [-0.05, 0) is 19.8 Å². The van der Waals surface area contributed by atoms with E-state index in [9.17, 15) is 0 Å². The van der Waals surface area contributed by atoms with Crippen LogP contribution in [0.3, 0.4) is 0 Å². The lowest BCUT2D eigenvalue weighted by Crippen LogP contribution is -2.32. The van der Waals surface area contributed by atoms with Gasteiger partial charge in [0.1, 0.15) is 23.8 Å². The highest BCUT2D eigenvalue weighted by Crippen LogP contribution is 2.16. The molecule has 0 aliphatic carbocycles. The van der Waals surface area contributed by atoms with Gasteiger partial charge in [0.05, 0.1) is 6.54 Å². The molecule has 0 saturated carbocycles. The third-order valence-electron chi connectivity index (χ3n) is 3.41. The van der Waals surface area contributed by atoms with E-state index in [4.69, 9.17) is 0 Å². The fraction of sp³-hybridized carbons (Fsp3) is 0.538. The van der Waals surface area contributed by atoms with E-state index in [0.717, 1.165) is 49.0 Å². The molecule has 3 rings (SSSR count). The number of rotatable bonds is 3. The number of nitrogens with one attached hydrogen (secondary N) is 1. The van der Waals surface area contributed by atoms with E-state index in [1.165, 1.54) is 0 Å². The summed E-state index contributed by atoms with van der Waals surface area (Å²) in [6.45, 7) is 4.88. The van der Waals surface area contributed by atoms with E-state index in [1.807, 2.05) is 17.7 Å². The van der Waals surface area contributed by atoms with Crippen LogP contribution in [-0.2, 0) is 19.4 Å². The standard InChI is InChI=1S/C13H18N6/c1-3-10-6-12(17-9(2)16-10)18-11-4-5-13-14-8-15-19(13)7-11/h6,8,11H,3-5,7H2,1-2H3,(H,16,17,18). The van der Waals surface area contributed by atoms with Gasteiger partial charge in [0.15, 0.2) is 0 Å². The van der Waals surface area contributed by atoms with Gasteiger partial charge in [-0.1, -0.05) is 6.92 Å². The number of hydrogen-bond donors (Lipinski definition) is 1. The van der Waals surface area contributed by atoms with Crippen molar-refractivity contribution in [3.63, 3.8) is 0 Å². The summed E-state index contributed by atoms with van der Waals surface area (Å²) in [5.74, 6) is 2.81. The second-order valence-corrected chi connectivity index (χ2v) is 4.88. The molecular weight excluding hydrogens is 240 g/mol. The van der Waals surface area contributed by atoms with E-state index < -0.39 is 0 Å². The third kappa shape index (κ3) is 2.57. The smallest absolute Gasteiger partial charge is 0.138 e. The minimum atomic E-state index is 0.355. The van der Waals surface area contributed by atoms with Crippen LogP contribution in [0.5, 0.6) is 0 Å². The fourth-order valence-electron chi connectivity index (χ4n) is 2.45. The van der Waals surface area contributed by atoms with Crippen molar-refractivity contribution < 1.29 is 0 Å². The third-order valence-corrected chi connectivity index (χ3v) is 3.41. The maximum atomic E-state index is 4.45. The first-order valence-electron chi connectivity index (χ1n) is 6.72. The van der Waals surface area contributed by atoms with E-state index in [-0.39, 0.29) is 0 Å². The van der Waals surface area contributed by atoms with E-state index in [0.29, 0.717) is 6.04 Å². The lowest BCUT2D eigenvalue weighted by molar-refractivity contribution is 0.440. The van der Waals surface area contributed by atoms with E-state index >= 15 is 0 Å².